The molecule has 0 spiro atoms. The molecular formula is C17H21N3O2S. The summed E-state index contributed by atoms with van der Waals surface area (Å²) in [4.78, 5) is 18.8. The molecule has 1 aromatic carbocycles. The first-order chi connectivity index (χ1) is 11.2. The quantitative estimate of drug-likeness (QED) is 0.904. The van der Waals surface area contributed by atoms with Gasteiger partial charge in [-0.05, 0) is 43.5 Å². The van der Waals surface area contributed by atoms with Crippen LogP contribution in [-0.2, 0) is 6.42 Å². The summed E-state index contributed by atoms with van der Waals surface area (Å²) >= 11 is 1.45. The Kier molecular flexibility index (Phi) is 4.93. The van der Waals surface area contributed by atoms with Crippen molar-refractivity contribution in [1.29, 1.82) is 0 Å². The molecule has 23 heavy (non-hydrogen) atoms. The van der Waals surface area contributed by atoms with Gasteiger partial charge in [0.05, 0.1) is 11.8 Å². The minimum Gasteiger partial charge on any atom is -0.393 e. The van der Waals surface area contributed by atoms with Crippen molar-refractivity contribution in [3.05, 3.63) is 40.9 Å². The molecule has 1 aliphatic rings. The molecule has 2 heterocycles. The van der Waals surface area contributed by atoms with Gasteiger partial charge in [-0.25, -0.2) is 4.98 Å². The molecule has 6 heteroatoms. The second-order valence-electron chi connectivity index (χ2n) is 5.72. The number of nitrogens with zero attached hydrogens (tertiary/aromatic N) is 2. The number of aliphatic hydroxyl groups is 1. The van der Waals surface area contributed by atoms with Crippen LogP contribution in [-0.4, -0.2) is 35.2 Å². The fraction of sp³-hybridized carbons (Fsp3) is 0.412. The van der Waals surface area contributed by atoms with E-state index in [9.17, 15) is 9.90 Å². The number of anilines is 2. The van der Waals surface area contributed by atoms with Crippen molar-refractivity contribution in [3.63, 3.8) is 0 Å². The van der Waals surface area contributed by atoms with Crippen LogP contribution in [0.1, 0.15) is 35.8 Å². The summed E-state index contributed by atoms with van der Waals surface area (Å²) in [5.74, 6) is -0.136. The molecule has 1 saturated heterocycles. The van der Waals surface area contributed by atoms with E-state index in [0.29, 0.717) is 10.7 Å². The fourth-order valence-corrected chi connectivity index (χ4v) is 3.43. The normalized spacial score (nSPS) is 15.7. The Bertz CT molecular complexity index is 661. The average Bonchev–Trinajstić information content (AvgIpc) is 3.03. The van der Waals surface area contributed by atoms with Crippen molar-refractivity contribution in [2.75, 3.05) is 23.3 Å². The van der Waals surface area contributed by atoms with Crippen LogP contribution in [0.15, 0.2) is 29.6 Å². The lowest BCUT2D eigenvalue weighted by Gasteiger charge is -2.31. The van der Waals surface area contributed by atoms with Crippen LogP contribution >= 0.6 is 11.3 Å². The van der Waals surface area contributed by atoms with Gasteiger partial charge in [0.1, 0.15) is 0 Å². The van der Waals surface area contributed by atoms with E-state index in [1.54, 1.807) is 0 Å². The molecule has 1 aromatic heterocycles. The number of nitrogens with one attached hydrogen (secondary N) is 1. The topological polar surface area (TPSA) is 65.5 Å². The van der Waals surface area contributed by atoms with Gasteiger partial charge >= 0.3 is 0 Å². The molecule has 5 nitrogen and oxygen atoms in total. The second kappa shape index (κ2) is 7.10. The number of aryl methyl sites for hydroxylation is 1. The van der Waals surface area contributed by atoms with Crippen LogP contribution in [0.3, 0.4) is 0 Å². The number of amides is 1. The summed E-state index contributed by atoms with van der Waals surface area (Å²) < 4.78 is 0. The highest BCUT2D eigenvalue weighted by molar-refractivity contribution is 7.13. The Morgan fingerprint density at radius 1 is 1.35 bits per heavy atom. The molecule has 0 radical (unpaired) electrons. The Hall–Kier alpha value is -1.92. The SMILES string of the molecule is CCc1csc(NC(=O)c2ccc(N3CCC(O)CC3)cc2)n1. The highest BCUT2D eigenvalue weighted by Crippen LogP contribution is 2.21. The number of aromatic nitrogens is 1. The number of aliphatic hydroxyl groups excluding tert-OH is 1. The van der Waals surface area contributed by atoms with E-state index in [-0.39, 0.29) is 12.0 Å². The van der Waals surface area contributed by atoms with Crippen molar-refractivity contribution >= 4 is 28.1 Å². The summed E-state index contributed by atoms with van der Waals surface area (Å²) in [6, 6.07) is 7.60. The lowest BCUT2D eigenvalue weighted by molar-refractivity contribution is 0.102. The van der Waals surface area contributed by atoms with Crippen molar-refractivity contribution < 1.29 is 9.90 Å². The maximum absolute atomic E-state index is 12.3. The van der Waals surface area contributed by atoms with Crippen LogP contribution in [0.4, 0.5) is 10.8 Å². The summed E-state index contributed by atoms with van der Waals surface area (Å²) in [7, 11) is 0. The molecule has 2 N–H and O–H groups in total. The molecule has 1 fully saturated rings. The van der Waals surface area contributed by atoms with Gasteiger partial charge in [0.15, 0.2) is 5.13 Å². The van der Waals surface area contributed by atoms with E-state index in [1.807, 2.05) is 36.6 Å². The zero-order valence-corrected chi connectivity index (χ0v) is 14.0. The minimum absolute atomic E-state index is 0.136. The molecule has 0 saturated carbocycles. The largest absolute Gasteiger partial charge is 0.393 e. The number of carbonyl (C=O) groups is 1. The zero-order valence-electron chi connectivity index (χ0n) is 13.2. The molecule has 0 aliphatic carbocycles. The second-order valence-corrected chi connectivity index (χ2v) is 6.57. The lowest BCUT2D eigenvalue weighted by atomic mass is 10.1. The van der Waals surface area contributed by atoms with E-state index in [0.717, 1.165) is 43.7 Å². The third kappa shape index (κ3) is 3.89. The number of piperidine rings is 1. The number of hydrogen-bond acceptors (Lipinski definition) is 5. The van der Waals surface area contributed by atoms with Gasteiger partial charge < -0.3 is 10.0 Å². The maximum Gasteiger partial charge on any atom is 0.257 e. The van der Waals surface area contributed by atoms with Crippen molar-refractivity contribution in [1.82, 2.24) is 4.98 Å². The Morgan fingerprint density at radius 3 is 2.65 bits per heavy atom. The van der Waals surface area contributed by atoms with Gasteiger partial charge in [-0.3, -0.25) is 10.1 Å². The summed E-state index contributed by atoms with van der Waals surface area (Å²) in [5.41, 5.74) is 2.71. The predicted octanol–water partition coefficient (Wildman–Crippen LogP) is 2.92. The average molecular weight is 331 g/mol. The van der Waals surface area contributed by atoms with Crippen LogP contribution in [0, 0.1) is 0 Å². The smallest absolute Gasteiger partial charge is 0.257 e. The molecule has 1 amide bonds. The van der Waals surface area contributed by atoms with Gasteiger partial charge in [0.2, 0.25) is 0 Å². The minimum atomic E-state index is -0.178. The Balaban J connectivity index is 1.63. The highest BCUT2D eigenvalue weighted by Gasteiger charge is 2.17. The van der Waals surface area contributed by atoms with Gasteiger partial charge in [-0.2, -0.15) is 0 Å². The van der Waals surface area contributed by atoms with Gasteiger partial charge in [-0.1, -0.05) is 6.92 Å². The van der Waals surface area contributed by atoms with E-state index in [1.165, 1.54) is 11.3 Å². The summed E-state index contributed by atoms with van der Waals surface area (Å²) in [6.07, 6.45) is 2.28. The Morgan fingerprint density at radius 2 is 2.04 bits per heavy atom. The third-order valence-electron chi connectivity index (χ3n) is 4.09. The van der Waals surface area contributed by atoms with Crippen LogP contribution in [0.5, 0.6) is 0 Å². The predicted molar refractivity (Wildman–Crippen MR) is 93.3 cm³/mol. The maximum atomic E-state index is 12.3. The number of thiazole rings is 1. The molecular weight excluding hydrogens is 310 g/mol. The molecule has 0 atom stereocenters. The first-order valence-electron chi connectivity index (χ1n) is 7.94. The van der Waals surface area contributed by atoms with E-state index >= 15 is 0 Å². The first kappa shape index (κ1) is 16.0. The molecule has 0 unspecified atom stereocenters. The van der Waals surface area contributed by atoms with Crippen molar-refractivity contribution in [2.24, 2.45) is 0 Å². The van der Waals surface area contributed by atoms with Gasteiger partial charge in [-0.15, -0.1) is 11.3 Å². The number of hydrogen-bond donors (Lipinski definition) is 2. The standard InChI is InChI=1S/C17H21N3O2S/c1-2-13-11-23-17(18-13)19-16(22)12-3-5-14(6-4-12)20-9-7-15(21)8-10-20/h3-6,11,15,21H,2,7-10H2,1H3,(H,18,19,22). The number of benzene rings is 1. The number of carbonyl (C=O) groups excluding carboxylic acids is 1. The van der Waals surface area contributed by atoms with E-state index in [2.05, 4.69) is 15.2 Å². The monoisotopic (exact) mass is 331 g/mol. The third-order valence-corrected chi connectivity index (χ3v) is 4.90. The Labute approximate surface area is 140 Å². The van der Waals surface area contributed by atoms with E-state index in [4.69, 9.17) is 0 Å². The highest BCUT2D eigenvalue weighted by atomic mass is 32.1. The van der Waals surface area contributed by atoms with E-state index < -0.39 is 0 Å². The van der Waals surface area contributed by atoms with Crippen LogP contribution < -0.4 is 10.2 Å². The molecule has 0 bridgehead atoms. The molecule has 1 aliphatic heterocycles. The first-order valence-corrected chi connectivity index (χ1v) is 8.82. The number of rotatable bonds is 4. The molecule has 3 rings (SSSR count). The van der Waals surface area contributed by atoms with Crippen LogP contribution in [0.2, 0.25) is 0 Å². The summed E-state index contributed by atoms with van der Waals surface area (Å²) in [5, 5.41) is 15.0. The fourth-order valence-electron chi connectivity index (χ4n) is 2.64. The van der Waals surface area contributed by atoms with Gasteiger partial charge in [0.25, 0.3) is 5.91 Å². The van der Waals surface area contributed by atoms with Gasteiger partial charge in [0, 0.05) is 29.7 Å². The molecule has 2 aromatic rings. The van der Waals surface area contributed by atoms with Crippen LogP contribution in [0.25, 0.3) is 0 Å². The summed E-state index contributed by atoms with van der Waals surface area (Å²) in [6.45, 7) is 3.75. The molecule has 122 valence electrons. The van der Waals surface area contributed by atoms with Crippen molar-refractivity contribution in [2.45, 2.75) is 32.3 Å². The lowest BCUT2D eigenvalue weighted by Crippen LogP contribution is -2.35. The van der Waals surface area contributed by atoms with Crippen molar-refractivity contribution in [3.8, 4) is 0 Å². The zero-order chi connectivity index (χ0) is 16.2.